The molecule has 2 aromatic rings. The molecule has 0 atom stereocenters. The van der Waals surface area contributed by atoms with Crippen LogP contribution >= 0.6 is 0 Å². The average molecular weight is 256 g/mol. The van der Waals surface area contributed by atoms with Crippen molar-refractivity contribution in [3.8, 4) is 11.3 Å². The van der Waals surface area contributed by atoms with Gasteiger partial charge in [0.1, 0.15) is 6.33 Å². The van der Waals surface area contributed by atoms with Crippen LogP contribution in [0.5, 0.6) is 0 Å². The summed E-state index contributed by atoms with van der Waals surface area (Å²) in [6, 6.07) is 9.56. The summed E-state index contributed by atoms with van der Waals surface area (Å²) in [6.07, 6.45) is 4.70. The summed E-state index contributed by atoms with van der Waals surface area (Å²) < 4.78 is 0. The van der Waals surface area contributed by atoms with E-state index in [0.717, 1.165) is 12.0 Å². The van der Waals surface area contributed by atoms with Crippen molar-refractivity contribution in [1.82, 2.24) is 9.97 Å². The van der Waals surface area contributed by atoms with Gasteiger partial charge in [0.05, 0.1) is 5.69 Å². The number of aromatic nitrogens is 2. The third-order valence-electron chi connectivity index (χ3n) is 2.95. The highest BCUT2D eigenvalue weighted by atomic mass is 16.4. The minimum absolute atomic E-state index is 0.0139. The van der Waals surface area contributed by atoms with Crippen molar-refractivity contribution in [2.45, 2.75) is 26.2 Å². The third kappa shape index (κ3) is 3.37. The molecule has 1 aromatic heterocycles. The quantitative estimate of drug-likeness (QED) is 0.892. The molecule has 0 bridgehead atoms. The van der Waals surface area contributed by atoms with E-state index in [1.807, 2.05) is 12.1 Å². The maximum Gasteiger partial charge on any atom is 0.354 e. The van der Waals surface area contributed by atoms with E-state index in [1.54, 1.807) is 0 Å². The SMILES string of the molecule is CCCCc1ccc(-c2cc(C(=O)O)ncn2)cc1. The summed E-state index contributed by atoms with van der Waals surface area (Å²) in [5, 5.41) is 8.91. The smallest absolute Gasteiger partial charge is 0.354 e. The second kappa shape index (κ2) is 6.09. The molecule has 0 aliphatic carbocycles. The molecule has 19 heavy (non-hydrogen) atoms. The minimum Gasteiger partial charge on any atom is -0.477 e. The van der Waals surface area contributed by atoms with E-state index in [9.17, 15) is 4.79 Å². The van der Waals surface area contributed by atoms with Gasteiger partial charge in [0.2, 0.25) is 0 Å². The lowest BCUT2D eigenvalue weighted by atomic mass is 10.0. The molecule has 0 aliphatic heterocycles. The molecule has 1 N–H and O–H groups in total. The zero-order chi connectivity index (χ0) is 13.7. The summed E-state index contributed by atoms with van der Waals surface area (Å²) in [4.78, 5) is 18.7. The van der Waals surface area contributed by atoms with E-state index in [0.29, 0.717) is 5.69 Å². The van der Waals surface area contributed by atoms with E-state index < -0.39 is 5.97 Å². The molecule has 0 saturated heterocycles. The Morgan fingerprint density at radius 3 is 2.58 bits per heavy atom. The highest BCUT2D eigenvalue weighted by Crippen LogP contribution is 2.18. The number of carboxylic acids is 1. The van der Waals surface area contributed by atoms with Crippen molar-refractivity contribution in [3.05, 3.63) is 47.9 Å². The van der Waals surface area contributed by atoms with E-state index in [4.69, 9.17) is 5.11 Å². The summed E-state index contributed by atoms with van der Waals surface area (Å²) >= 11 is 0. The first-order valence-corrected chi connectivity index (χ1v) is 6.35. The van der Waals surface area contributed by atoms with Crippen LogP contribution < -0.4 is 0 Å². The lowest BCUT2D eigenvalue weighted by molar-refractivity contribution is 0.0690. The molecule has 4 nitrogen and oxygen atoms in total. The Morgan fingerprint density at radius 1 is 1.21 bits per heavy atom. The highest BCUT2D eigenvalue weighted by molar-refractivity contribution is 5.86. The lowest BCUT2D eigenvalue weighted by Gasteiger charge is -2.04. The average Bonchev–Trinajstić information content (AvgIpc) is 2.46. The number of aryl methyl sites for hydroxylation is 1. The van der Waals surface area contributed by atoms with Crippen LogP contribution in [0.15, 0.2) is 36.7 Å². The van der Waals surface area contributed by atoms with Crippen molar-refractivity contribution in [2.24, 2.45) is 0 Å². The number of unbranched alkanes of at least 4 members (excludes halogenated alkanes) is 1. The molecule has 0 radical (unpaired) electrons. The number of benzene rings is 1. The van der Waals surface area contributed by atoms with Gasteiger partial charge in [0.25, 0.3) is 0 Å². The summed E-state index contributed by atoms with van der Waals surface area (Å²) in [6.45, 7) is 2.17. The first-order valence-electron chi connectivity index (χ1n) is 6.35. The minimum atomic E-state index is -1.04. The number of aromatic carboxylic acids is 1. The zero-order valence-corrected chi connectivity index (χ0v) is 10.8. The van der Waals surface area contributed by atoms with Crippen LogP contribution in [0.4, 0.5) is 0 Å². The fourth-order valence-corrected chi connectivity index (χ4v) is 1.86. The Kier molecular flexibility index (Phi) is 4.23. The summed E-state index contributed by atoms with van der Waals surface area (Å²) in [7, 11) is 0. The fourth-order valence-electron chi connectivity index (χ4n) is 1.86. The maximum atomic E-state index is 10.9. The largest absolute Gasteiger partial charge is 0.477 e. The molecule has 1 heterocycles. The van der Waals surface area contributed by atoms with Crippen LogP contribution in [-0.2, 0) is 6.42 Å². The van der Waals surface area contributed by atoms with Gasteiger partial charge in [-0.05, 0) is 24.5 Å². The van der Waals surface area contributed by atoms with Crippen LogP contribution in [0.25, 0.3) is 11.3 Å². The van der Waals surface area contributed by atoms with Crippen molar-refractivity contribution in [3.63, 3.8) is 0 Å². The van der Waals surface area contributed by atoms with E-state index in [1.165, 1.54) is 30.8 Å². The number of rotatable bonds is 5. The van der Waals surface area contributed by atoms with Gasteiger partial charge in [-0.3, -0.25) is 0 Å². The molecule has 0 aliphatic rings. The standard InChI is InChI=1S/C15H16N2O2/c1-2-3-4-11-5-7-12(8-6-11)13-9-14(15(18)19)17-10-16-13/h5-10H,2-4H2,1H3,(H,18,19). The molecule has 0 saturated carbocycles. The predicted molar refractivity (Wildman–Crippen MR) is 73.0 cm³/mol. The van der Waals surface area contributed by atoms with Gasteiger partial charge in [-0.25, -0.2) is 14.8 Å². The van der Waals surface area contributed by atoms with Gasteiger partial charge in [-0.15, -0.1) is 0 Å². The Balaban J connectivity index is 2.22. The van der Waals surface area contributed by atoms with Crippen molar-refractivity contribution in [2.75, 3.05) is 0 Å². The third-order valence-corrected chi connectivity index (χ3v) is 2.95. The summed E-state index contributed by atoms with van der Waals surface area (Å²) in [5.74, 6) is -1.04. The molecule has 0 amide bonds. The van der Waals surface area contributed by atoms with E-state index in [-0.39, 0.29) is 5.69 Å². The molecular formula is C15H16N2O2. The van der Waals surface area contributed by atoms with Gasteiger partial charge in [-0.1, -0.05) is 37.6 Å². The summed E-state index contributed by atoms with van der Waals surface area (Å²) in [5.41, 5.74) is 2.85. The second-order valence-corrected chi connectivity index (χ2v) is 4.39. The van der Waals surface area contributed by atoms with Crippen LogP contribution in [0, 0.1) is 0 Å². The number of carbonyl (C=O) groups is 1. The highest BCUT2D eigenvalue weighted by Gasteiger charge is 2.07. The first-order chi connectivity index (χ1) is 9.20. The van der Waals surface area contributed by atoms with Crippen LogP contribution in [0.3, 0.4) is 0 Å². The van der Waals surface area contributed by atoms with Crippen LogP contribution in [-0.4, -0.2) is 21.0 Å². The normalized spacial score (nSPS) is 10.4. The molecule has 0 unspecified atom stereocenters. The maximum absolute atomic E-state index is 10.9. The van der Waals surface area contributed by atoms with Gasteiger partial charge in [0, 0.05) is 5.56 Å². The Hall–Kier alpha value is -2.23. The molecule has 0 spiro atoms. The molecule has 98 valence electrons. The number of hydrogen-bond donors (Lipinski definition) is 1. The monoisotopic (exact) mass is 256 g/mol. The number of carboxylic acid groups (broad SMARTS) is 1. The van der Waals surface area contributed by atoms with Gasteiger partial charge >= 0.3 is 5.97 Å². The van der Waals surface area contributed by atoms with Crippen molar-refractivity contribution < 1.29 is 9.90 Å². The predicted octanol–water partition coefficient (Wildman–Crippen LogP) is 3.18. The molecule has 4 heteroatoms. The number of nitrogens with zero attached hydrogens (tertiary/aromatic N) is 2. The second-order valence-electron chi connectivity index (χ2n) is 4.39. The Labute approximate surface area is 112 Å². The van der Waals surface area contributed by atoms with Gasteiger partial charge < -0.3 is 5.11 Å². The topological polar surface area (TPSA) is 63.1 Å². The molecule has 0 fully saturated rings. The first kappa shape index (κ1) is 13.2. The van der Waals surface area contributed by atoms with Gasteiger partial charge in [-0.2, -0.15) is 0 Å². The van der Waals surface area contributed by atoms with Gasteiger partial charge in [0.15, 0.2) is 5.69 Å². The van der Waals surface area contributed by atoms with Crippen molar-refractivity contribution >= 4 is 5.97 Å². The Morgan fingerprint density at radius 2 is 1.95 bits per heavy atom. The fraction of sp³-hybridized carbons (Fsp3) is 0.267. The van der Waals surface area contributed by atoms with Crippen molar-refractivity contribution in [1.29, 1.82) is 0 Å². The van der Waals surface area contributed by atoms with Crippen LogP contribution in [0.2, 0.25) is 0 Å². The molecule has 2 rings (SSSR count). The molecular weight excluding hydrogens is 240 g/mol. The molecule has 1 aromatic carbocycles. The van der Waals surface area contributed by atoms with E-state index >= 15 is 0 Å². The van der Waals surface area contributed by atoms with Crippen LogP contribution in [0.1, 0.15) is 35.8 Å². The zero-order valence-electron chi connectivity index (χ0n) is 10.8. The number of hydrogen-bond acceptors (Lipinski definition) is 3. The Bertz CT molecular complexity index is 565. The van der Waals surface area contributed by atoms with E-state index in [2.05, 4.69) is 29.0 Å². The lowest BCUT2D eigenvalue weighted by Crippen LogP contribution is -2.01.